The molecule has 0 atom stereocenters. The summed E-state index contributed by atoms with van der Waals surface area (Å²) >= 11 is 0. The SMILES string of the molecule is CCn1cncc1Cn1cc(CN)nn1. The number of rotatable bonds is 4. The third-order valence-electron chi connectivity index (χ3n) is 2.26. The molecule has 2 N–H and O–H groups in total. The highest BCUT2D eigenvalue weighted by molar-refractivity contribution is 5.00. The highest BCUT2D eigenvalue weighted by Gasteiger charge is 2.03. The normalized spacial score (nSPS) is 10.8. The van der Waals surface area contributed by atoms with Gasteiger partial charge in [0.1, 0.15) is 0 Å². The van der Waals surface area contributed by atoms with Gasteiger partial charge < -0.3 is 10.3 Å². The first-order chi connectivity index (χ1) is 7.33. The van der Waals surface area contributed by atoms with Gasteiger partial charge in [0.2, 0.25) is 0 Å². The highest BCUT2D eigenvalue weighted by Crippen LogP contribution is 2.02. The van der Waals surface area contributed by atoms with Crippen molar-refractivity contribution in [3.8, 4) is 0 Å². The molecule has 15 heavy (non-hydrogen) atoms. The Bertz CT molecular complexity index is 429. The predicted molar refractivity (Wildman–Crippen MR) is 54.9 cm³/mol. The third-order valence-corrected chi connectivity index (χ3v) is 2.26. The molecule has 2 aromatic heterocycles. The molecule has 0 spiro atoms. The second-order valence-corrected chi connectivity index (χ2v) is 3.28. The molecule has 0 aliphatic rings. The summed E-state index contributed by atoms with van der Waals surface area (Å²) in [6.45, 7) is 4.10. The van der Waals surface area contributed by atoms with Gasteiger partial charge in [-0.25, -0.2) is 9.67 Å². The Morgan fingerprint density at radius 2 is 2.33 bits per heavy atom. The van der Waals surface area contributed by atoms with E-state index in [-0.39, 0.29) is 0 Å². The Balaban J connectivity index is 2.14. The van der Waals surface area contributed by atoms with E-state index in [1.165, 1.54) is 0 Å². The predicted octanol–water partition coefficient (Wildman–Crippen LogP) is 0.00150. The van der Waals surface area contributed by atoms with E-state index in [9.17, 15) is 0 Å². The highest BCUT2D eigenvalue weighted by atomic mass is 15.4. The zero-order valence-electron chi connectivity index (χ0n) is 8.67. The number of aromatic nitrogens is 5. The first-order valence-electron chi connectivity index (χ1n) is 4.91. The molecule has 0 radical (unpaired) electrons. The van der Waals surface area contributed by atoms with Crippen LogP contribution < -0.4 is 5.73 Å². The van der Waals surface area contributed by atoms with Gasteiger partial charge in [0.25, 0.3) is 0 Å². The molecule has 0 amide bonds. The summed E-state index contributed by atoms with van der Waals surface area (Å²) in [6.07, 6.45) is 5.51. The van der Waals surface area contributed by atoms with Crippen LogP contribution in [-0.2, 0) is 19.6 Å². The molecule has 6 nitrogen and oxygen atoms in total. The van der Waals surface area contributed by atoms with E-state index < -0.39 is 0 Å². The first-order valence-corrected chi connectivity index (χ1v) is 4.91. The summed E-state index contributed by atoms with van der Waals surface area (Å²) in [5.41, 5.74) is 7.38. The van der Waals surface area contributed by atoms with E-state index in [4.69, 9.17) is 5.73 Å². The van der Waals surface area contributed by atoms with Crippen LogP contribution in [0.5, 0.6) is 0 Å². The summed E-state index contributed by atoms with van der Waals surface area (Å²) < 4.78 is 3.84. The van der Waals surface area contributed by atoms with Crippen LogP contribution in [0.15, 0.2) is 18.7 Å². The maximum absolute atomic E-state index is 5.46. The van der Waals surface area contributed by atoms with Crippen LogP contribution in [0.25, 0.3) is 0 Å². The van der Waals surface area contributed by atoms with E-state index in [0.717, 1.165) is 17.9 Å². The van der Waals surface area contributed by atoms with Crippen LogP contribution in [0.1, 0.15) is 18.3 Å². The summed E-state index contributed by atoms with van der Waals surface area (Å²) in [7, 11) is 0. The molecular formula is C9H14N6. The fourth-order valence-electron chi connectivity index (χ4n) is 1.44. The fraction of sp³-hybridized carbons (Fsp3) is 0.444. The van der Waals surface area contributed by atoms with Crippen molar-refractivity contribution >= 4 is 0 Å². The van der Waals surface area contributed by atoms with E-state index in [1.807, 2.05) is 18.7 Å². The molecule has 2 aromatic rings. The molecule has 80 valence electrons. The monoisotopic (exact) mass is 206 g/mol. The summed E-state index contributed by atoms with van der Waals surface area (Å²) in [5.74, 6) is 0. The molecular weight excluding hydrogens is 192 g/mol. The van der Waals surface area contributed by atoms with Crippen molar-refractivity contribution in [3.63, 3.8) is 0 Å². The average molecular weight is 206 g/mol. The second kappa shape index (κ2) is 4.22. The van der Waals surface area contributed by atoms with Crippen molar-refractivity contribution < 1.29 is 0 Å². The zero-order valence-corrected chi connectivity index (χ0v) is 8.67. The minimum absolute atomic E-state index is 0.424. The third kappa shape index (κ3) is 2.04. The molecule has 0 aliphatic heterocycles. The van der Waals surface area contributed by atoms with Crippen molar-refractivity contribution in [3.05, 3.63) is 30.1 Å². The van der Waals surface area contributed by atoms with Crippen LogP contribution in [0.2, 0.25) is 0 Å². The Labute approximate surface area is 87.7 Å². The van der Waals surface area contributed by atoms with Crippen LogP contribution in [0, 0.1) is 0 Å². The van der Waals surface area contributed by atoms with E-state index in [0.29, 0.717) is 13.1 Å². The van der Waals surface area contributed by atoms with Crippen molar-refractivity contribution in [1.29, 1.82) is 0 Å². The minimum Gasteiger partial charge on any atom is -0.333 e. The molecule has 0 aromatic carbocycles. The van der Waals surface area contributed by atoms with E-state index in [2.05, 4.69) is 26.8 Å². The van der Waals surface area contributed by atoms with Crippen LogP contribution >= 0.6 is 0 Å². The molecule has 0 saturated carbocycles. The molecule has 6 heteroatoms. The fourth-order valence-corrected chi connectivity index (χ4v) is 1.44. The van der Waals surface area contributed by atoms with Gasteiger partial charge in [0.05, 0.1) is 36.7 Å². The molecule has 2 rings (SSSR count). The Morgan fingerprint density at radius 3 is 3.00 bits per heavy atom. The van der Waals surface area contributed by atoms with Gasteiger partial charge in [0.15, 0.2) is 0 Å². The largest absolute Gasteiger partial charge is 0.333 e. The lowest BCUT2D eigenvalue weighted by molar-refractivity contribution is 0.602. The van der Waals surface area contributed by atoms with Gasteiger partial charge in [-0.1, -0.05) is 5.21 Å². The first kappa shape index (κ1) is 9.85. The molecule has 0 unspecified atom stereocenters. The number of nitrogens with zero attached hydrogens (tertiary/aromatic N) is 5. The van der Waals surface area contributed by atoms with E-state index in [1.54, 1.807) is 4.68 Å². The van der Waals surface area contributed by atoms with Crippen LogP contribution in [0.3, 0.4) is 0 Å². The molecule has 0 bridgehead atoms. The van der Waals surface area contributed by atoms with Crippen molar-refractivity contribution in [2.24, 2.45) is 5.73 Å². The molecule has 0 saturated heterocycles. The van der Waals surface area contributed by atoms with Gasteiger partial charge in [-0.3, -0.25) is 0 Å². The minimum atomic E-state index is 0.424. The maximum Gasteiger partial charge on any atom is 0.0962 e. The summed E-state index contributed by atoms with van der Waals surface area (Å²) in [5, 5.41) is 7.91. The van der Waals surface area contributed by atoms with Crippen molar-refractivity contribution in [2.75, 3.05) is 0 Å². The average Bonchev–Trinajstić information content (AvgIpc) is 2.87. The van der Waals surface area contributed by atoms with Gasteiger partial charge in [-0.15, -0.1) is 5.10 Å². The standard InChI is InChI=1S/C9H14N6/c1-2-14-7-11-4-9(14)6-15-5-8(3-10)12-13-15/h4-5,7H,2-3,6,10H2,1H3. The molecule has 0 fully saturated rings. The number of imidazole rings is 1. The number of aryl methyl sites for hydroxylation is 1. The number of hydrogen-bond donors (Lipinski definition) is 1. The van der Waals surface area contributed by atoms with Crippen LogP contribution in [-0.4, -0.2) is 24.5 Å². The van der Waals surface area contributed by atoms with Gasteiger partial charge in [-0.2, -0.15) is 0 Å². The van der Waals surface area contributed by atoms with Gasteiger partial charge in [-0.05, 0) is 6.92 Å². The number of nitrogens with two attached hydrogens (primary N) is 1. The Kier molecular flexibility index (Phi) is 2.77. The maximum atomic E-state index is 5.46. The smallest absolute Gasteiger partial charge is 0.0962 e. The molecule has 0 aliphatic carbocycles. The second-order valence-electron chi connectivity index (χ2n) is 3.28. The lowest BCUT2D eigenvalue weighted by Crippen LogP contribution is -2.06. The number of hydrogen-bond acceptors (Lipinski definition) is 4. The lowest BCUT2D eigenvalue weighted by Gasteiger charge is -2.03. The summed E-state index contributed by atoms with van der Waals surface area (Å²) in [6, 6.07) is 0. The topological polar surface area (TPSA) is 74.5 Å². The Hall–Kier alpha value is -1.69. The lowest BCUT2D eigenvalue weighted by atomic mass is 10.4. The quantitative estimate of drug-likeness (QED) is 0.764. The van der Waals surface area contributed by atoms with Crippen LogP contribution in [0.4, 0.5) is 0 Å². The van der Waals surface area contributed by atoms with E-state index >= 15 is 0 Å². The van der Waals surface area contributed by atoms with Gasteiger partial charge in [0, 0.05) is 13.1 Å². The zero-order chi connectivity index (χ0) is 10.7. The summed E-state index contributed by atoms with van der Waals surface area (Å²) in [4.78, 5) is 4.09. The van der Waals surface area contributed by atoms with Crippen molar-refractivity contribution in [2.45, 2.75) is 26.6 Å². The van der Waals surface area contributed by atoms with Crippen molar-refractivity contribution in [1.82, 2.24) is 24.5 Å². The Morgan fingerprint density at radius 1 is 1.47 bits per heavy atom. The van der Waals surface area contributed by atoms with Gasteiger partial charge >= 0.3 is 0 Å². The molecule has 2 heterocycles.